The first-order chi connectivity index (χ1) is 9.52. The van der Waals surface area contributed by atoms with Crippen molar-refractivity contribution in [1.29, 1.82) is 0 Å². The molecule has 2 N–H and O–H groups in total. The first-order valence-corrected chi connectivity index (χ1v) is 6.82. The van der Waals surface area contributed by atoms with Gasteiger partial charge in [-0.3, -0.25) is 0 Å². The maximum atomic E-state index is 4.40. The topological polar surface area (TPSA) is 62.7 Å². The lowest BCUT2D eigenvalue weighted by Gasteiger charge is -2.10. The Labute approximate surface area is 119 Å². The van der Waals surface area contributed by atoms with Gasteiger partial charge in [0.25, 0.3) is 0 Å². The maximum absolute atomic E-state index is 4.40. The highest BCUT2D eigenvalue weighted by Crippen LogP contribution is 2.18. The van der Waals surface area contributed by atoms with Crippen LogP contribution >= 0.6 is 0 Å². The summed E-state index contributed by atoms with van der Waals surface area (Å²) in [4.78, 5) is 4.40. The van der Waals surface area contributed by atoms with Crippen molar-refractivity contribution >= 4 is 17.5 Å². The molecule has 0 saturated heterocycles. The summed E-state index contributed by atoms with van der Waals surface area (Å²) in [6.07, 6.45) is 1.62. The van der Waals surface area contributed by atoms with Crippen molar-refractivity contribution in [1.82, 2.24) is 15.2 Å². The van der Waals surface area contributed by atoms with Crippen LogP contribution in [0.15, 0.2) is 24.4 Å². The van der Waals surface area contributed by atoms with Gasteiger partial charge in [0.15, 0.2) is 5.82 Å². The lowest BCUT2D eigenvalue weighted by Crippen LogP contribution is -2.11. The molecule has 106 valence electrons. The second-order valence-electron chi connectivity index (χ2n) is 5.44. The Kier molecular flexibility index (Phi) is 4.50. The number of hydrogen-bond acceptors (Lipinski definition) is 5. The molecular weight excluding hydrogens is 250 g/mol. The minimum Gasteiger partial charge on any atom is -0.353 e. The molecule has 1 aromatic heterocycles. The number of aromatic nitrogens is 3. The molecular formula is C15H21N5. The van der Waals surface area contributed by atoms with E-state index >= 15 is 0 Å². The molecule has 5 heteroatoms. The van der Waals surface area contributed by atoms with E-state index in [1.54, 1.807) is 6.20 Å². The van der Waals surface area contributed by atoms with E-state index < -0.39 is 0 Å². The third-order valence-corrected chi connectivity index (χ3v) is 2.72. The summed E-state index contributed by atoms with van der Waals surface area (Å²) in [6.45, 7) is 9.25. The van der Waals surface area contributed by atoms with Crippen LogP contribution in [-0.2, 0) is 0 Å². The van der Waals surface area contributed by atoms with Gasteiger partial charge >= 0.3 is 0 Å². The molecule has 0 radical (unpaired) electrons. The van der Waals surface area contributed by atoms with E-state index in [2.05, 4.69) is 71.7 Å². The molecule has 0 aliphatic heterocycles. The molecule has 0 bridgehead atoms. The molecule has 0 amide bonds. The van der Waals surface area contributed by atoms with E-state index in [1.807, 2.05) is 0 Å². The minimum atomic E-state index is 0.537. The average molecular weight is 271 g/mol. The first-order valence-electron chi connectivity index (χ1n) is 6.82. The van der Waals surface area contributed by atoms with Crippen LogP contribution in [0.3, 0.4) is 0 Å². The Balaban J connectivity index is 2.11. The standard InChI is InChI=1S/C15H21N5/c1-10(2)8-16-15-19-14(9-17-20-15)18-13-6-11(3)5-12(4)7-13/h5-7,9-10H,8H2,1-4H3,(H2,16,18,19,20). The lowest BCUT2D eigenvalue weighted by atomic mass is 10.1. The number of hydrogen-bond donors (Lipinski definition) is 2. The monoisotopic (exact) mass is 271 g/mol. The van der Waals surface area contributed by atoms with E-state index in [4.69, 9.17) is 0 Å². The average Bonchev–Trinajstić information content (AvgIpc) is 2.35. The quantitative estimate of drug-likeness (QED) is 0.873. The molecule has 0 saturated carbocycles. The van der Waals surface area contributed by atoms with Crippen LogP contribution in [0.25, 0.3) is 0 Å². The summed E-state index contributed by atoms with van der Waals surface area (Å²) in [7, 11) is 0. The molecule has 1 aromatic carbocycles. The van der Waals surface area contributed by atoms with Crippen molar-refractivity contribution in [3.8, 4) is 0 Å². The van der Waals surface area contributed by atoms with Crippen molar-refractivity contribution in [2.75, 3.05) is 17.2 Å². The largest absolute Gasteiger partial charge is 0.353 e. The Morgan fingerprint density at radius 1 is 1.10 bits per heavy atom. The molecule has 5 nitrogen and oxygen atoms in total. The number of anilines is 3. The van der Waals surface area contributed by atoms with E-state index in [0.29, 0.717) is 17.7 Å². The van der Waals surface area contributed by atoms with Gasteiger partial charge in [-0.1, -0.05) is 19.9 Å². The van der Waals surface area contributed by atoms with Gasteiger partial charge in [-0.05, 0) is 43.0 Å². The van der Waals surface area contributed by atoms with Crippen LogP contribution in [0, 0.1) is 19.8 Å². The molecule has 0 atom stereocenters. The van der Waals surface area contributed by atoms with Crippen LogP contribution in [0.2, 0.25) is 0 Å². The van der Waals surface area contributed by atoms with Crippen LogP contribution in [0.4, 0.5) is 17.5 Å². The number of benzene rings is 1. The van der Waals surface area contributed by atoms with Gasteiger partial charge in [-0.15, -0.1) is 5.10 Å². The molecule has 0 unspecified atom stereocenters. The molecule has 0 fully saturated rings. The highest BCUT2D eigenvalue weighted by atomic mass is 15.3. The van der Waals surface area contributed by atoms with Crippen molar-refractivity contribution in [2.24, 2.45) is 5.92 Å². The Morgan fingerprint density at radius 2 is 1.80 bits per heavy atom. The second-order valence-corrected chi connectivity index (χ2v) is 5.44. The second kappa shape index (κ2) is 6.32. The molecule has 1 heterocycles. The number of rotatable bonds is 5. The van der Waals surface area contributed by atoms with E-state index in [0.717, 1.165) is 12.2 Å². The van der Waals surface area contributed by atoms with Gasteiger partial charge in [0.05, 0.1) is 6.20 Å². The molecule has 0 aliphatic carbocycles. The van der Waals surface area contributed by atoms with Gasteiger partial charge in [0, 0.05) is 12.2 Å². The highest BCUT2D eigenvalue weighted by molar-refractivity contribution is 5.58. The zero-order chi connectivity index (χ0) is 14.5. The van der Waals surface area contributed by atoms with Crippen LogP contribution in [-0.4, -0.2) is 21.7 Å². The fraction of sp³-hybridized carbons (Fsp3) is 0.400. The Bertz CT molecular complexity index is 560. The highest BCUT2D eigenvalue weighted by Gasteiger charge is 2.03. The minimum absolute atomic E-state index is 0.537. The third-order valence-electron chi connectivity index (χ3n) is 2.72. The maximum Gasteiger partial charge on any atom is 0.244 e. The first kappa shape index (κ1) is 14.2. The third kappa shape index (κ3) is 4.19. The van der Waals surface area contributed by atoms with Gasteiger partial charge < -0.3 is 10.6 Å². The number of aryl methyl sites for hydroxylation is 2. The fourth-order valence-electron chi connectivity index (χ4n) is 1.93. The zero-order valence-corrected chi connectivity index (χ0v) is 12.4. The molecule has 0 spiro atoms. The normalized spacial score (nSPS) is 10.7. The summed E-state index contributed by atoms with van der Waals surface area (Å²) in [6, 6.07) is 6.30. The molecule has 2 aromatic rings. The molecule has 2 rings (SSSR count). The predicted octanol–water partition coefficient (Wildman–Crippen LogP) is 3.30. The van der Waals surface area contributed by atoms with Crippen molar-refractivity contribution in [2.45, 2.75) is 27.7 Å². The Morgan fingerprint density at radius 3 is 2.45 bits per heavy atom. The van der Waals surface area contributed by atoms with Crippen LogP contribution < -0.4 is 10.6 Å². The number of nitrogens with zero attached hydrogens (tertiary/aromatic N) is 3. The van der Waals surface area contributed by atoms with Crippen molar-refractivity contribution < 1.29 is 0 Å². The van der Waals surface area contributed by atoms with Gasteiger partial charge in [-0.25, -0.2) is 0 Å². The summed E-state index contributed by atoms with van der Waals surface area (Å²) < 4.78 is 0. The SMILES string of the molecule is Cc1cc(C)cc(Nc2cnnc(NCC(C)C)n2)c1. The van der Waals surface area contributed by atoms with Gasteiger partial charge in [-0.2, -0.15) is 10.1 Å². The zero-order valence-electron chi connectivity index (χ0n) is 12.4. The molecule has 20 heavy (non-hydrogen) atoms. The van der Waals surface area contributed by atoms with E-state index in [1.165, 1.54) is 11.1 Å². The van der Waals surface area contributed by atoms with E-state index in [-0.39, 0.29) is 0 Å². The van der Waals surface area contributed by atoms with Crippen molar-refractivity contribution in [3.05, 3.63) is 35.5 Å². The lowest BCUT2D eigenvalue weighted by molar-refractivity contribution is 0.682. The summed E-state index contributed by atoms with van der Waals surface area (Å²) >= 11 is 0. The fourth-order valence-corrected chi connectivity index (χ4v) is 1.93. The summed E-state index contributed by atoms with van der Waals surface area (Å²) in [5.74, 6) is 1.78. The van der Waals surface area contributed by atoms with Gasteiger partial charge in [0.2, 0.25) is 5.95 Å². The predicted molar refractivity (Wildman–Crippen MR) is 82.4 cm³/mol. The van der Waals surface area contributed by atoms with Gasteiger partial charge in [0.1, 0.15) is 0 Å². The summed E-state index contributed by atoms with van der Waals surface area (Å²) in [5.41, 5.74) is 3.44. The number of nitrogens with one attached hydrogen (secondary N) is 2. The molecule has 0 aliphatic rings. The van der Waals surface area contributed by atoms with Crippen molar-refractivity contribution in [3.63, 3.8) is 0 Å². The Hall–Kier alpha value is -2.17. The smallest absolute Gasteiger partial charge is 0.244 e. The van der Waals surface area contributed by atoms with Crippen LogP contribution in [0.1, 0.15) is 25.0 Å². The van der Waals surface area contributed by atoms with Crippen LogP contribution in [0.5, 0.6) is 0 Å². The van der Waals surface area contributed by atoms with E-state index in [9.17, 15) is 0 Å². The summed E-state index contributed by atoms with van der Waals surface area (Å²) in [5, 5.41) is 14.4.